The van der Waals surface area contributed by atoms with Crippen molar-refractivity contribution < 1.29 is 17.9 Å². The minimum Gasteiger partial charge on any atom is -0.492 e. The van der Waals surface area contributed by atoms with E-state index in [2.05, 4.69) is 4.98 Å². The van der Waals surface area contributed by atoms with E-state index in [9.17, 15) is 13.2 Å². The van der Waals surface area contributed by atoms with Crippen molar-refractivity contribution in [1.29, 1.82) is 0 Å². The first-order chi connectivity index (χ1) is 14.5. The molecule has 3 heterocycles. The van der Waals surface area contributed by atoms with Gasteiger partial charge in [0.2, 0.25) is 10.0 Å². The minimum absolute atomic E-state index is 0.00517. The Morgan fingerprint density at radius 3 is 2.60 bits per heavy atom. The lowest BCUT2D eigenvalue weighted by atomic mass is 9.78. The zero-order valence-corrected chi connectivity index (χ0v) is 17.7. The van der Waals surface area contributed by atoms with E-state index < -0.39 is 10.0 Å². The fourth-order valence-electron chi connectivity index (χ4n) is 4.53. The molecule has 1 saturated carbocycles. The highest BCUT2D eigenvalue weighted by Crippen LogP contribution is 2.41. The van der Waals surface area contributed by atoms with Crippen LogP contribution in [0.3, 0.4) is 0 Å². The Morgan fingerprint density at radius 2 is 1.90 bits per heavy atom. The molecule has 2 aromatic rings. The molecule has 7 nitrogen and oxygen atoms in total. The largest absolute Gasteiger partial charge is 0.492 e. The Morgan fingerprint density at radius 1 is 1.13 bits per heavy atom. The normalized spacial score (nSPS) is 23.3. The van der Waals surface area contributed by atoms with Crippen LogP contribution in [0.2, 0.25) is 0 Å². The quantitative estimate of drug-likeness (QED) is 0.813. The topological polar surface area (TPSA) is 82.7 Å². The first-order valence-electron chi connectivity index (χ1n) is 10.6. The van der Waals surface area contributed by atoms with Crippen LogP contribution in [-0.2, 0) is 10.0 Å². The highest BCUT2D eigenvalue weighted by Gasteiger charge is 2.44. The van der Waals surface area contributed by atoms with Gasteiger partial charge in [-0.2, -0.15) is 4.31 Å². The van der Waals surface area contributed by atoms with Gasteiger partial charge in [0, 0.05) is 37.8 Å². The summed E-state index contributed by atoms with van der Waals surface area (Å²) in [4.78, 5) is 17.8. The van der Waals surface area contributed by atoms with Gasteiger partial charge in [0.25, 0.3) is 5.91 Å². The number of aromatic nitrogens is 1. The predicted octanol–water partition coefficient (Wildman–Crippen LogP) is 2.73. The maximum atomic E-state index is 13.5. The smallest absolute Gasteiger partial charge is 0.270 e. The number of amides is 1. The highest BCUT2D eigenvalue weighted by molar-refractivity contribution is 7.89. The maximum absolute atomic E-state index is 13.5. The lowest BCUT2D eigenvalue weighted by molar-refractivity contribution is 0.0294. The number of ether oxygens (including phenoxy) is 1. The molecule has 1 aromatic carbocycles. The SMILES string of the molecule is O=C(c1ccc[nH]1)N1CCC2(CC1)COc1ccccc1S(=O)(=O)N(CC1CC1)C2. The van der Waals surface area contributed by atoms with Crippen molar-refractivity contribution in [1.82, 2.24) is 14.2 Å². The standard InChI is InChI=1S/C22H27N3O4S/c26-21(18-4-3-11-23-18)24-12-9-22(10-13-24)15-25(14-17-7-8-17)30(27,28)20-6-2-1-5-19(20)29-16-22/h1-6,11,17,23H,7-10,12-16H2. The van der Waals surface area contributed by atoms with Crippen LogP contribution in [0.25, 0.3) is 0 Å². The van der Waals surface area contributed by atoms with E-state index in [1.54, 1.807) is 34.8 Å². The van der Waals surface area contributed by atoms with Crippen molar-refractivity contribution in [3.8, 4) is 5.75 Å². The van der Waals surface area contributed by atoms with Crippen LogP contribution in [0, 0.1) is 11.3 Å². The zero-order valence-electron chi connectivity index (χ0n) is 16.9. The molecule has 1 amide bonds. The van der Waals surface area contributed by atoms with Crippen molar-refractivity contribution in [2.24, 2.45) is 11.3 Å². The van der Waals surface area contributed by atoms with E-state index in [-0.39, 0.29) is 16.2 Å². The molecule has 160 valence electrons. The van der Waals surface area contributed by atoms with E-state index in [0.29, 0.717) is 50.1 Å². The van der Waals surface area contributed by atoms with Crippen LogP contribution in [0.1, 0.15) is 36.2 Å². The Bertz CT molecular complexity index is 1020. The number of carbonyl (C=O) groups is 1. The summed E-state index contributed by atoms with van der Waals surface area (Å²) in [5.41, 5.74) is 0.300. The van der Waals surface area contributed by atoms with Gasteiger partial charge in [0.1, 0.15) is 16.3 Å². The van der Waals surface area contributed by atoms with Gasteiger partial charge in [0.15, 0.2) is 0 Å². The molecule has 0 unspecified atom stereocenters. The Hall–Kier alpha value is -2.32. The number of carbonyl (C=O) groups excluding carboxylic acids is 1. The third-order valence-electron chi connectivity index (χ3n) is 6.61. The van der Waals surface area contributed by atoms with Gasteiger partial charge in [-0.05, 0) is 55.9 Å². The van der Waals surface area contributed by atoms with E-state index >= 15 is 0 Å². The number of nitrogens with one attached hydrogen (secondary N) is 1. The molecule has 5 rings (SSSR count). The van der Waals surface area contributed by atoms with E-state index in [1.165, 1.54) is 0 Å². The monoisotopic (exact) mass is 429 g/mol. The second-order valence-electron chi connectivity index (χ2n) is 8.85. The molecule has 1 aromatic heterocycles. The molecule has 8 heteroatoms. The first kappa shape index (κ1) is 19.6. The number of fused-ring (bicyclic) bond motifs is 1. The van der Waals surface area contributed by atoms with E-state index in [4.69, 9.17) is 4.74 Å². The Balaban J connectivity index is 1.40. The summed E-state index contributed by atoms with van der Waals surface area (Å²) >= 11 is 0. The predicted molar refractivity (Wildman–Crippen MR) is 112 cm³/mol. The highest BCUT2D eigenvalue weighted by atomic mass is 32.2. The number of hydrogen-bond acceptors (Lipinski definition) is 4. The fraction of sp³-hybridized carbons (Fsp3) is 0.500. The summed E-state index contributed by atoms with van der Waals surface area (Å²) < 4.78 is 34.7. The lowest BCUT2D eigenvalue weighted by Crippen LogP contribution is -2.52. The number of H-pyrrole nitrogens is 1. The summed E-state index contributed by atoms with van der Waals surface area (Å²) in [5.74, 6) is 0.885. The van der Waals surface area contributed by atoms with Crippen LogP contribution in [0.5, 0.6) is 5.75 Å². The van der Waals surface area contributed by atoms with Crippen molar-refractivity contribution in [2.45, 2.75) is 30.6 Å². The van der Waals surface area contributed by atoms with Gasteiger partial charge in [-0.25, -0.2) is 8.42 Å². The molecule has 1 saturated heterocycles. The molecule has 1 aliphatic carbocycles. The summed E-state index contributed by atoms with van der Waals surface area (Å²) in [7, 11) is -3.62. The number of aromatic amines is 1. The van der Waals surface area contributed by atoms with Crippen LogP contribution in [0.4, 0.5) is 0 Å². The maximum Gasteiger partial charge on any atom is 0.270 e. The van der Waals surface area contributed by atoms with Crippen molar-refractivity contribution in [2.75, 3.05) is 32.8 Å². The minimum atomic E-state index is -3.62. The molecule has 30 heavy (non-hydrogen) atoms. The zero-order chi connectivity index (χ0) is 20.8. The molecule has 2 aliphatic heterocycles. The molecule has 0 radical (unpaired) electrons. The second-order valence-corrected chi connectivity index (χ2v) is 10.8. The van der Waals surface area contributed by atoms with Gasteiger partial charge in [-0.15, -0.1) is 0 Å². The third kappa shape index (κ3) is 3.63. The number of sulfonamides is 1. The van der Waals surface area contributed by atoms with Crippen molar-refractivity contribution in [3.63, 3.8) is 0 Å². The van der Waals surface area contributed by atoms with Gasteiger partial charge in [-0.1, -0.05) is 12.1 Å². The van der Waals surface area contributed by atoms with Crippen LogP contribution in [0.15, 0.2) is 47.5 Å². The molecule has 0 atom stereocenters. The summed E-state index contributed by atoms with van der Waals surface area (Å²) in [6, 6.07) is 10.5. The Kier molecular flexibility index (Phi) is 4.86. The summed E-state index contributed by atoms with van der Waals surface area (Å²) in [5, 5.41) is 0. The second kappa shape index (κ2) is 7.42. The molecule has 1 N–H and O–H groups in total. The van der Waals surface area contributed by atoms with E-state index in [1.807, 2.05) is 17.0 Å². The van der Waals surface area contributed by atoms with Crippen LogP contribution < -0.4 is 4.74 Å². The first-order valence-corrected chi connectivity index (χ1v) is 12.1. The average Bonchev–Trinajstić information content (AvgIpc) is 3.40. The average molecular weight is 430 g/mol. The van der Waals surface area contributed by atoms with Crippen molar-refractivity contribution >= 4 is 15.9 Å². The Labute approximate surface area is 177 Å². The molecule has 0 bridgehead atoms. The molecule has 3 aliphatic rings. The fourth-order valence-corrected chi connectivity index (χ4v) is 6.29. The number of hydrogen-bond donors (Lipinski definition) is 1. The number of likely N-dealkylation sites (tertiary alicyclic amines) is 1. The molecular weight excluding hydrogens is 402 g/mol. The lowest BCUT2D eigenvalue weighted by Gasteiger charge is -2.45. The molecular formula is C22H27N3O4S. The number of benzene rings is 1. The number of nitrogens with zero attached hydrogens (tertiary/aromatic N) is 2. The van der Waals surface area contributed by atoms with Crippen LogP contribution >= 0.6 is 0 Å². The number of rotatable bonds is 3. The van der Waals surface area contributed by atoms with Gasteiger partial charge < -0.3 is 14.6 Å². The molecule has 2 fully saturated rings. The van der Waals surface area contributed by atoms with E-state index in [0.717, 1.165) is 25.7 Å². The number of piperidine rings is 1. The summed E-state index contributed by atoms with van der Waals surface area (Å²) in [6.45, 7) is 2.68. The van der Waals surface area contributed by atoms with Crippen molar-refractivity contribution in [3.05, 3.63) is 48.3 Å². The van der Waals surface area contributed by atoms with Gasteiger partial charge in [-0.3, -0.25) is 4.79 Å². The van der Waals surface area contributed by atoms with Gasteiger partial charge >= 0.3 is 0 Å². The molecule has 1 spiro atoms. The summed E-state index contributed by atoms with van der Waals surface area (Å²) in [6.07, 6.45) is 5.38. The number of para-hydroxylation sites is 1. The third-order valence-corrected chi connectivity index (χ3v) is 8.46. The van der Waals surface area contributed by atoms with Gasteiger partial charge in [0.05, 0.1) is 6.61 Å². The van der Waals surface area contributed by atoms with Crippen LogP contribution in [-0.4, -0.2) is 61.3 Å².